The molecule has 3 nitrogen and oxygen atoms in total. The van der Waals surface area contributed by atoms with Gasteiger partial charge < -0.3 is 45.3 Å². The van der Waals surface area contributed by atoms with Crippen molar-refractivity contribution in [1.82, 2.24) is 0 Å². The summed E-state index contributed by atoms with van der Waals surface area (Å²) in [6, 6.07) is 21.0. The van der Waals surface area contributed by atoms with Gasteiger partial charge in [-0.25, -0.2) is 0 Å². The van der Waals surface area contributed by atoms with Gasteiger partial charge in [0.05, 0.1) is 0 Å². The summed E-state index contributed by atoms with van der Waals surface area (Å²) in [4.78, 5) is 12.0. The zero-order valence-electron chi connectivity index (χ0n) is 12.3. The third-order valence-corrected chi connectivity index (χ3v) is 3.07. The van der Waals surface area contributed by atoms with Crippen LogP contribution in [0.1, 0.15) is 15.9 Å². The molecular formula is C19H16FeO3-6. The first-order valence-corrected chi connectivity index (χ1v) is 6.74. The molecule has 0 saturated heterocycles. The predicted molar refractivity (Wildman–Crippen MR) is 87.2 cm³/mol. The van der Waals surface area contributed by atoms with E-state index in [0.717, 1.165) is 11.6 Å². The normalized spacial score (nSPS) is 9.22. The molecule has 0 heterocycles. The second-order valence-electron chi connectivity index (χ2n) is 4.64. The average molecular weight is 348 g/mol. The quantitative estimate of drug-likeness (QED) is 0.324. The van der Waals surface area contributed by atoms with Gasteiger partial charge in [-0.3, -0.25) is 0 Å². The van der Waals surface area contributed by atoms with E-state index in [1.54, 1.807) is 12.1 Å². The van der Waals surface area contributed by atoms with E-state index in [0.29, 0.717) is 5.57 Å². The second kappa shape index (κ2) is 8.79. The summed E-state index contributed by atoms with van der Waals surface area (Å²) >= 11 is 0. The van der Waals surface area contributed by atoms with E-state index in [9.17, 15) is 9.90 Å². The van der Waals surface area contributed by atoms with Crippen LogP contribution in [-0.4, -0.2) is 16.0 Å². The molecule has 0 spiro atoms. The number of carbonyl (C=O) groups excluding carboxylic acids is 1. The van der Waals surface area contributed by atoms with Crippen LogP contribution in [0.3, 0.4) is 0 Å². The average Bonchev–Trinajstić information content (AvgIpc) is 3.21. The maximum atomic E-state index is 12.0. The van der Waals surface area contributed by atoms with Crippen molar-refractivity contribution in [1.29, 1.82) is 0 Å². The molecule has 2 N–H and O–H groups in total. The Labute approximate surface area is 145 Å². The monoisotopic (exact) mass is 348 g/mol. The molecule has 3 rings (SSSR count). The second-order valence-corrected chi connectivity index (χ2v) is 4.64. The van der Waals surface area contributed by atoms with Crippen LogP contribution in [-0.2, 0) is 17.1 Å². The number of carbonyl (C=O) groups is 1. The molecule has 0 unspecified atom stereocenters. The third kappa shape index (κ3) is 4.99. The minimum Gasteiger partial charge on any atom is -0.748 e. The van der Waals surface area contributed by atoms with Crippen molar-refractivity contribution in [3.63, 3.8) is 0 Å². The van der Waals surface area contributed by atoms with Gasteiger partial charge >= 0.3 is 0 Å². The van der Waals surface area contributed by atoms with E-state index in [2.05, 4.69) is 6.58 Å². The summed E-state index contributed by atoms with van der Waals surface area (Å²) in [6.07, 6.45) is 0. The minimum absolute atomic E-state index is 0. The number of hydrogen-bond acceptors (Lipinski definition) is 3. The van der Waals surface area contributed by atoms with Gasteiger partial charge in [0, 0.05) is 28.7 Å². The number of phenolic OH excluding ortho intramolecular Hbond substituents is 2. The van der Waals surface area contributed by atoms with Gasteiger partial charge in [0.1, 0.15) is 17.3 Å². The maximum absolute atomic E-state index is 12.0. The van der Waals surface area contributed by atoms with Crippen molar-refractivity contribution in [3.05, 3.63) is 90.5 Å². The van der Waals surface area contributed by atoms with Crippen molar-refractivity contribution in [2.24, 2.45) is 0 Å². The number of Topliss-reactive ketones (excluding diaryl/α,β-unsaturated/α-hetero) is 1. The summed E-state index contributed by atoms with van der Waals surface area (Å²) < 4.78 is 0. The van der Waals surface area contributed by atoms with Crippen LogP contribution >= 0.6 is 0 Å². The van der Waals surface area contributed by atoms with Gasteiger partial charge in [-0.05, 0) is 6.07 Å². The molecule has 0 aliphatic carbocycles. The van der Waals surface area contributed by atoms with E-state index >= 15 is 0 Å². The van der Waals surface area contributed by atoms with Crippen molar-refractivity contribution in [2.45, 2.75) is 0 Å². The Hall–Kier alpha value is -2.55. The van der Waals surface area contributed by atoms with E-state index in [1.165, 1.54) is 12.1 Å². The van der Waals surface area contributed by atoms with Gasteiger partial charge in [0.2, 0.25) is 0 Å². The molecule has 0 bridgehead atoms. The Morgan fingerprint density at radius 2 is 1.52 bits per heavy atom. The predicted octanol–water partition coefficient (Wildman–Crippen LogP) is 4.12. The Morgan fingerprint density at radius 1 is 1.00 bits per heavy atom. The van der Waals surface area contributed by atoms with Gasteiger partial charge in [-0.15, -0.1) is 12.1 Å². The first-order chi connectivity index (χ1) is 10.6. The fraction of sp³-hybridized carbons (Fsp3) is 0. The summed E-state index contributed by atoms with van der Waals surface area (Å²) in [5.74, 6) is -0.686. The van der Waals surface area contributed by atoms with Gasteiger partial charge in [-0.1, -0.05) is 17.2 Å². The van der Waals surface area contributed by atoms with E-state index in [-0.39, 0.29) is 39.9 Å². The van der Waals surface area contributed by atoms with Crippen molar-refractivity contribution >= 4 is 11.4 Å². The van der Waals surface area contributed by atoms with E-state index in [1.807, 2.05) is 42.5 Å². The molecule has 0 amide bonds. The third-order valence-electron chi connectivity index (χ3n) is 3.07. The smallest absolute Gasteiger partial charge is 0.129 e. The molecule has 0 aliphatic rings. The van der Waals surface area contributed by atoms with Gasteiger partial charge in [-0.2, -0.15) is 18.7 Å². The van der Waals surface area contributed by atoms with Crippen molar-refractivity contribution < 1.29 is 32.1 Å². The summed E-state index contributed by atoms with van der Waals surface area (Å²) in [6.45, 7) is 3.71. The van der Waals surface area contributed by atoms with Crippen LogP contribution < -0.4 is 0 Å². The number of aromatic hydroxyl groups is 2. The van der Waals surface area contributed by atoms with Crippen LogP contribution in [0, 0.1) is 0 Å². The first-order valence-electron chi connectivity index (χ1n) is 6.74. The Kier molecular flexibility index (Phi) is 7.07. The van der Waals surface area contributed by atoms with Crippen LogP contribution in [0.2, 0.25) is 0 Å². The van der Waals surface area contributed by atoms with Gasteiger partial charge in [0.15, 0.2) is 0 Å². The Bertz CT molecular complexity index is 724. The Balaban J connectivity index is 0.000000377. The number of benzene rings is 1. The number of allylic oxidation sites excluding steroid dienone is 1. The number of hydrogen-bond donors (Lipinski definition) is 2. The molecule has 4 heteroatoms. The molecule has 0 radical (unpaired) electrons. The van der Waals surface area contributed by atoms with Crippen LogP contribution in [0.4, 0.5) is 0 Å². The Morgan fingerprint density at radius 3 is 2.00 bits per heavy atom. The summed E-state index contributed by atoms with van der Waals surface area (Å²) in [7, 11) is 0. The van der Waals surface area contributed by atoms with Crippen LogP contribution in [0.15, 0.2) is 79.4 Å². The topological polar surface area (TPSA) is 57.5 Å². The molecule has 0 aromatic heterocycles. The number of ketones is 1. The molecule has 0 fully saturated rings. The number of rotatable bonds is 3. The standard InChI is InChI=1S/C14H11O3.C5H5.Fe/c1-9(10-4-2-3-5-10)14(17)12-7-6-11(15)8-13(12)16;1-2-4-5-3-1;/h2-8,15-16H,1H2;1-5H;/q-1;-5;. The van der Waals surface area contributed by atoms with Crippen LogP contribution in [0.25, 0.3) is 5.57 Å². The minimum atomic E-state index is -0.353. The summed E-state index contributed by atoms with van der Waals surface area (Å²) in [5.41, 5.74) is 1.17. The largest absolute Gasteiger partial charge is 0.748 e. The molecule has 23 heavy (non-hydrogen) atoms. The first kappa shape index (κ1) is 18.5. The molecule has 0 atom stereocenters. The zero-order valence-corrected chi connectivity index (χ0v) is 13.4. The summed E-state index contributed by atoms with van der Waals surface area (Å²) in [5, 5.41) is 18.7. The van der Waals surface area contributed by atoms with E-state index in [4.69, 9.17) is 5.11 Å². The molecule has 0 saturated carbocycles. The molecule has 124 valence electrons. The molecule has 3 aromatic rings. The van der Waals surface area contributed by atoms with Gasteiger partial charge in [0.25, 0.3) is 0 Å². The van der Waals surface area contributed by atoms with Crippen molar-refractivity contribution in [3.8, 4) is 11.5 Å². The number of phenols is 2. The fourth-order valence-electron chi connectivity index (χ4n) is 1.90. The maximum Gasteiger partial charge on any atom is 0.129 e. The van der Waals surface area contributed by atoms with Crippen LogP contribution in [0.5, 0.6) is 11.5 Å². The molecule has 3 aromatic carbocycles. The SMILES string of the molecule is C=C(C(=O)c1ccc(O)cc1O)[c-]1cccc1.[Fe].[cH-]1[cH-][cH-][cH-][cH-]1. The van der Waals surface area contributed by atoms with E-state index < -0.39 is 0 Å². The molecule has 0 aliphatic heterocycles. The fourth-order valence-corrected chi connectivity index (χ4v) is 1.90. The zero-order chi connectivity index (χ0) is 15.9. The molecular weight excluding hydrogens is 332 g/mol. The van der Waals surface area contributed by atoms with Crippen molar-refractivity contribution in [2.75, 3.05) is 0 Å².